The number of unbranched alkanes of at least 4 members (excludes halogenated alkanes) is 1. The molecule has 9 heavy (non-hydrogen) atoms. The van der Waals surface area contributed by atoms with Crippen LogP contribution in [0.5, 0.6) is 0 Å². The molecule has 1 radical (unpaired) electrons. The van der Waals surface area contributed by atoms with Gasteiger partial charge in [-0.3, -0.25) is 0 Å². The quantitative estimate of drug-likeness (QED) is 0.504. The smallest absolute Gasteiger partial charge is 0.0305 e. The van der Waals surface area contributed by atoms with Gasteiger partial charge in [0.2, 0.25) is 0 Å². The van der Waals surface area contributed by atoms with Gasteiger partial charge in [-0.25, -0.2) is 0 Å². The van der Waals surface area contributed by atoms with E-state index in [0.29, 0.717) is 0 Å². The molecule has 0 spiro atoms. The van der Waals surface area contributed by atoms with Gasteiger partial charge in [-0.1, -0.05) is 38.5 Å². The molecular formula is C9H15. The Morgan fingerprint density at radius 3 is 2.67 bits per heavy atom. The summed E-state index contributed by atoms with van der Waals surface area (Å²) in [6.45, 7) is 4.27. The van der Waals surface area contributed by atoms with Gasteiger partial charge in [0.05, 0.1) is 0 Å². The van der Waals surface area contributed by atoms with Crippen molar-refractivity contribution in [3.05, 3.63) is 24.3 Å². The van der Waals surface area contributed by atoms with Gasteiger partial charge in [0.15, 0.2) is 0 Å². The van der Waals surface area contributed by atoms with Crippen LogP contribution in [0.3, 0.4) is 0 Å². The molecular weight excluding hydrogens is 108 g/mol. The van der Waals surface area contributed by atoms with Gasteiger partial charge in [0, 0.05) is 0 Å². The maximum atomic E-state index is 3.10. The van der Waals surface area contributed by atoms with Gasteiger partial charge < -0.3 is 0 Å². The minimum atomic E-state index is 1.01. The molecule has 0 aromatic carbocycles. The number of allylic oxidation sites excluding steroid dienone is 4. The zero-order chi connectivity index (χ0) is 6.95. The van der Waals surface area contributed by atoms with Crippen LogP contribution in [0, 0.1) is 6.08 Å². The Morgan fingerprint density at radius 2 is 2.11 bits per heavy atom. The Bertz CT molecular complexity index is 88.2. The number of hydrogen-bond donors (Lipinski definition) is 0. The highest BCUT2D eigenvalue weighted by Crippen LogP contribution is 1.88. The summed E-state index contributed by atoms with van der Waals surface area (Å²) in [6.07, 6.45) is 12.7. The summed E-state index contributed by atoms with van der Waals surface area (Å²) in [4.78, 5) is 0. The van der Waals surface area contributed by atoms with Crippen molar-refractivity contribution < 1.29 is 0 Å². The topological polar surface area (TPSA) is 0 Å². The highest BCUT2D eigenvalue weighted by molar-refractivity contribution is 4.98. The van der Waals surface area contributed by atoms with Crippen LogP contribution in [0.25, 0.3) is 0 Å². The minimum Gasteiger partial charge on any atom is -0.0845 e. The molecule has 0 fully saturated rings. The average Bonchev–Trinajstić information content (AvgIpc) is 1.89. The fraction of sp³-hybridized carbons (Fsp3) is 0.556. The third-order valence-electron chi connectivity index (χ3n) is 1.01. The summed E-state index contributed by atoms with van der Waals surface area (Å²) in [5.41, 5.74) is 0. The van der Waals surface area contributed by atoms with Gasteiger partial charge in [0.1, 0.15) is 0 Å². The van der Waals surface area contributed by atoms with Crippen LogP contribution >= 0.6 is 0 Å². The van der Waals surface area contributed by atoms with Crippen LogP contribution in [-0.4, -0.2) is 0 Å². The maximum absolute atomic E-state index is 3.10. The van der Waals surface area contributed by atoms with E-state index >= 15 is 0 Å². The van der Waals surface area contributed by atoms with Crippen molar-refractivity contribution in [1.29, 1.82) is 0 Å². The van der Waals surface area contributed by atoms with E-state index < -0.39 is 0 Å². The molecule has 0 aromatic heterocycles. The van der Waals surface area contributed by atoms with Crippen molar-refractivity contribution in [2.45, 2.75) is 33.1 Å². The molecule has 0 saturated heterocycles. The molecule has 0 aromatic rings. The largest absolute Gasteiger partial charge is 0.0845 e. The molecule has 0 rings (SSSR count). The van der Waals surface area contributed by atoms with Crippen LogP contribution in [0.4, 0.5) is 0 Å². The summed E-state index contributed by atoms with van der Waals surface area (Å²) in [5.74, 6) is 0. The molecule has 0 heteroatoms. The monoisotopic (exact) mass is 123 g/mol. The lowest BCUT2D eigenvalue weighted by Gasteiger charge is -1.79. The van der Waals surface area contributed by atoms with E-state index in [0.717, 1.165) is 6.42 Å². The van der Waals surface area contributed by atoms with Crippen LogP contribution in [0.1, 0.15) is 33.1 Å². The molecule has 0 saturated carbocycles. The summed E-state index contributed by atoms with van der Waals surface area (Å²) >= 11 is 0. The highest BCUT2D eigenvalue weighted by atomic mass is 13.7. The van der Waals surface area contributed by atoms with Gasteiger partial charge in [-0.05, 0) is 18.9 Å². The second-order valence-electron chi connectivity index (χ2n) is 1.94. The van der Waals surface area contributed by atoms with Gasteiger partial charge in [0.25, 0.3) is 0 Å². The van der Waals surface area contributed by atoms with Gasteiger partial charge in [-0.2, -0.15) is 0 Å². The van der Waals surface area contributed by atoms with Crippen molar-refractivity contribution in [3.63, 3.8) is 0 Å². The standard InChI is InChI=1S/C9H15/c1-3-5-7-9-8-6-4-2/h7-9H,3-5H2,1-2H3. The lowest BCUT2D eigenvalue weighted by Crippen LogP contribution is -1.59. The number of hydrogen-bond acceptors (Lipinski definition) is 0. The Balaban J connectivity index is 3.13. The first-order valence-corrected chi connectivity index (χ1v) is 3.63. The molecule has 0 amide bonds. The average molecular weight is 123 g/mol. The zero-order valence-corrected chi connectivity index (χ0v) is 6.35. The predicted molar refractivity (Wildman–Crippen MR) is 42.2 cm³/mol. The molecule has 51 valence electrons. The van der Waals surface area contributed by atoms with Crippen molar-refractivity contribution in [3.8, 4) is 0 Å². The lowest BCUT2D eigenvalue weighted by molar-refractivity contribution is 0.958. The van der Waals surface area contributed by atoms with Crippen molar-refractivity contribution >= 4 is 0 Å². The summed E-state index contributed by atoms with van der Waals surface area (Å²) in [7, 11) is 0. The SMILES string of the molecule is CC/[C]=C/C=CCCC. The van der Waals surface area contributed by atoms with Crippen molar-refractivity contribution in [1.82, 2.24) is 0 Å². The summed E-state index contributed by atoms with van der Waals surface area (Å²) < 4.78 is 0. The molecule has 0 atom stereocenters. The first kappa shape index (κ1) is 8.48. The molecule has 0 nitrogen and oxygen atoms in total. The lowest BCUT2D eigenvalue weighted by atomic mass is 10.3. The second kappa shape index (κ2) is 7.48. The number of rotatable bonds is 4. The van der Waals surface area contributed by atoms with E-state index in [4.69, 9.17) is 0 Å². The molecule has 0 aliphatic carbocycles. The fourth-order valence-corrected chi connectivity index (χ4v) is 0.517. The molecule has 0 aliphatic heterocycles. The van der Waals surface area contributed by atoms with E-state index in [1.807, 2.05) is 6.08 Å². The fourth-order valence-electron chi connectivity index (χ4n) is 0.517. The third-order valence-corrected chi connectivity index (χ3v) is 1.01. The van der Waals surface area contributed by atoms with E-state index in [1.165, 1.54) is 12.8 Å². The molecule has 0 unspecified atom stereocenters. The van der Waals surface area contributed by atoms with Crippen LogP contribution in [0.15, 0.2) is 18.2 Å². The summed E-state index contributed by atoms with van der Waals surface area (Å²) in [5, 5.41) is 0. The maximum Gasteiger partial charge on any atom is -0.0305 e. The third kappa shape index (κ3) is 7.48. The molecule has 0 heterocycles. The van der Waals surface area contributed by atoms with E-state index in [-0.39, 0.29) is 0 Å². The van der Waals surface area contributed by atoms with Crippen LogP contribution < -0.4 is 0 Å². The first-order chi connectivity index (χ1) is 4.41. The van der Waals surface area contributed by atoms with Crippen LogP contribution in [-0.2, 0) is 0 Å². The van der Waals surface area contributed by atoms with Gasteiger partial charge >= 0.3 is 0 Å². The van der Waals surface area contributed by atoms with E-state index in [1.54, 1.807) is 0 Å². The van der Waals surface area contributed by atoms with Gasteiger partial charge in [-0.15, -0.1) is 0 Å². The van der Waals surface area contributed by atoms with Crippen molar-refractivity contribution in [2.75, 3.05) is 0 Å². The Hall–Kier alpha value is -0.520. The highest BCUT2D eigenvalue weighted by Gasteiger charge is 1.68. The Kier molecular flexibility index (Phi) is 7.05. The second-order valence-corrected chi connectivity index (χ2v) is 1.94. The summed E-state index contributed by atoms with van der Waals surface area (Å²) in [6, 6.07) is 0. The zero-order valence-electron chi connectivity index (χ0n) is 6.35. The Morgan fingerprint density at radius 1 is 1.33 bits per heavy atom. The predicted octanol–water partition coefficient (Wildman–Crippen LogP) is 3.11. The molecule has 0 aliphatic rings. The normalized spacial score (nSPS) is 11.8. The van der Waals surface area contributed by atoms with E-state index in [2.05, 4.69) is 32.1 Å². The van der Waals surface area contributed by atoms with Crippen molar-refractivity contribution in [2.24, 2.45) is 0 Å². The molecule has 0 N–H and O–H groups in total. The van der Waals surface area contributed by atoms with Crippen LogP contribution in [0.2, 0.25) is 0 Å². The Labute approximate surface area is 58.3 Å². The minimum absolute atomic E-state index is 1.01. The molecule has 0 bridgehead atoms. The van der Waals surface area contributed by atoms with E-state index in [9.17, 15) is 0 Å². The first-order valence-electron chi connectivity index (χ1n) is 3.63.